The van der Waals surface area contributed by atoms with Crippen LogP contribution in [0.25, 0.3) is 10.2 Å². The van der Waals surface area contributed by atoms with E-state index >= 15 is 0 Å². The molecular formula is C13H16N6O2S. The number of fused-ring (bicyclic) bond motifs is 1. The molecule has 0 aliphatic carbocycles. The summed E-state index contributed by atoms with van der Waals surface area (Å²) >= 11 is 1.37. The summed E-state index contributed by atoms with van der Waals surface area (Å²) in [5.74, 6) is 0.181. The Morgan fingerprint density at radius 1 is 1.45 bits per heavy atom. The van der Waals surface area contributed by atoms with Gasteiger partial charge in [0.25, 0.3) is 0 Å². The van der Waals surface area contributed by atoms with Gasteiger partial charge in [0.1, 0.15) is 9.71 Å². The molecule has 0 N–H and O–H groups in total. The summed E-state index contributed by atoms with van der Waals surface area (Å²) in [4.78, 5) is 13.7. The van der Waals surface area contributed by atoms with Gasteiger partial charge in [0, 0.05) is 19.0 Å². The van der Waals surface area contributed by atoms with E-state index in [1.54, 1.807) is 9.36 Å². The van der Waals surface area contributed by atoms with Gasteiger partial charge in [-0.3, -0.25) is 4.68 Å². The lowest BCUT2D eigenvalue weighted by Crippen LogP contribution is -2.10. The van der Waals surface area contributed by atoms with Crippen molar-refractivity contribution >= 4 is 27.5 Å². The van der Waals surface area contributed by atoms with Crippen LogP contribution in [0.15, 0.2) is 6.07 Å². The minimum Gasteiger partial charge on any atom is -0.453 e. The Kier molecular flexibility index (Phi) is 3.88. The van der Waals surface area contributed by atoms with Crippen LogP contribution in [0.5, 0.6) is 0 Å². The molecule has 0 unspecified atom stereocenters. The van der Waals surface area contributed by atoms with E-state index in [9.17, 15) is 4.79 Å². The standard InChI is InChI=1S/C13H16N6O2S/c1-4-5-19-11(14-16-17-19)7-21-13(20)10-6-9-8(2)15-18(3)12(9)22-10/h6H,4-5,7H2,1-3H3. The summed E-state index contributed by atoms with van der Waals surface area (Å²) < 4.78 is 8.73. The fraction of sp³-hybridized carbons (Fsp3) is 0.462. The van der Waals surface area contributed by atoms with Crippen molar-refractivity contribution in [2.24, 2.45) is 7.05 Å². The first kappa shape index (κ1) is 14.6. The third kappa shape index (κ3) is 2.59. The molecule has 116 valence electrons. The summed E-state index contributed by atoms with van der Waals surface area (Å²) in [7, 11) is 1.86. The van der Waals surface area contributed by atoms with Crippen LogP contribution < -0.4 is 0 Å². The predicted octanol–water partition coefficient (Wildman–Crippen LogP) is 1.70. The van der Waals surface area contributed by atoms with E-state index in [1.807, 2.05) is 27.0 Å². The van der Waals surface area contributed by atoms with Gasteiger partial charge in [-0.2, -0.15) is 5.10 Å². The predicted molar refractivity (Wildman–Crippen MR) is 80.6 cm³/mol. The Morgan fingerprint density at radius 3 is 3.00 bits per heavy atom. The van der Waals surface area contributed by atoms with Crippen molar-refractivity contribution in [2.45, 2.75) is 33.4 Å². The summed E-state index contributed by atoms with van der Waals surface area (Å²) in [6.45, 7) is 4.72. The molecule has 0 saturated heterocycles. The normalized spacial score (nSPS) is 11.2. The van der Waals surface area contributed by atoms with Crippen molar-refractivity contribution in [3.63, 3.8) is 0 Å². The smallest absolute Gasteiger partial charge is 0.348 e. The topological polar surface area (TPSA) is 87.7 Å². The molecule has 0 amide bonds. The number of carbonyl (C=O) groups excluding carboxylic acids is 1. The number of thiophene rings is 1. The van der Waals surface area contributed by atoms with Gasteiger partial charge in [-0.1, -0.05) is 6.92 Å². The minimum absolute atomic E-state index is 0.0668. The first-order valence-electron chi connectivity index (χ1n) is 6.95. The summed E-state index contributed by atoms with van der Waals surface area (Å²) in [6, 6.07) is 1.82. The van der Waals surface area contributed by atoms with Crippen LogP contribution in [-0.2, 0) is 24.9 Å². The molecule has 0 spiro atoms. The second-order valence-corrected chi connectivity index (χ2v) is 5.96. The monoisotopic (exact) mass is 320 g/mol. The zero-order valence-corrected chi connectivity index (χ0v) is 13.4. The van der Waals surface area contributed by atoms with Crippen molar-refractivity contribution in [1.82, 2.24) is 30.0 Å². The molecule has 0 radical (unpaired) electrons. The zero-order valence-electron chi connectivity index (χ0n) is 12.6. The second kappa shape index (κ2) is 5.84. The van der Waals surface area contributed by atoms with Crippen LogP contribution in [0.3, 0.4) is 0 Å². The molecule has 0 aromatic carbocycles. The average molecular weight is 320 g/mol. The van der Waals surface area contributed by atoms with Crippen LogP contribution in [-0.4, -0.2) is 36.0 Å². The lowest BCUT2D eigenvalue weighted by molar-refractivity contribution is 0.0462. The number of esters is 1. The van der Waals surface area contributed by atoms with Crippen molar-refractivity contribution < 1.29 is 9.53 Å². The fourth-order valence-corrected chi connectivity index (χ4v) is 3.24. The molecule has 3 aromatic heterocycles. The number of tetrazole rings is 1. The van der Waals surface area contributed by atoms with E-state index in [0.717, 1.165) is 22.3 Å². The van der Waals surface area contributed by atoms with Crippen LogP contribution in [0.1, 0.15) is 34.5 Å². The number of nitrogens with zero attached hydrogens (tertiary/aromatic N) is 6. The number of carbonyl (C=O) groups is 1. The molecule has 0 bridgehead atoms. The quantitative estimate of drug-likeness (QED) is 0.665. The molecule has 0 aliphatic rings. The lowest BCUT2D eigenvalue weighted by Gasteiger charge is -2.03. The maximum Gasteiger partial charge on any atom is 0.348 e. The van der Waals surface area contributed by atoms with Crippen molar-refractivity contribution in [3.05, 3.63) is 22.5 Å². The van der Waals surface area contributed by atoms with E-state index in [-0.39, 0.29) is 12.6 Å². The Bertz CT molecular complexity index is 783. The molecule has 0 aliphatic heterocycles. The van der Waals surface area contributed by atoms with E-state index in [1.165, 1.54) is 11.3 Å². The number of aromatic nitrogens is 6. The Balaban J connectivity index is 1.73. The second-order valence-electron chi connectivity index (χ2n) is 4.93. The maximum absolute atomic E-state index is 12.2. The van der Waals surface area contributed by atoms with Gasteiger partial charge in [-0.15, -0.1) is 16.4 Å². The molecule has 0 saturated carbocycles. The van der Waals surface area contributed by atoms with Gasteiger partial charge in [0.2, 0.25) is 0 Å². The van der Waals surface area contributed by atoms with Gasteiger partial charge in [0.05, 0.1) is 5.69 Å². The molecule has 8 nitrogen and oxygen atoms in total. The first-order chi connectivity index (χ1) is 10.6. The SMILES string of the molecule is CCCn1nnnc1COC(=O)c1cc2c(C)nn(C)c2s1. The molecule has 9 heteroatoms. The molecule has 3 aromatic rings. The lowest BCUT2D eigenvalue weighted by atomic mass is 10.3. The fourth-order valence-electron chi connectivity index (χ4n) is 2.22. The highest BCUT2D eigenvalue weighted by Crippen LogP contribution is 2.28. The van der Waals surface area contributed by atoms with E-state index in [2.05, 4.69) is 20.6 Å². The highest BCUT2D eigenvalue weighted by Gasteiger charge is 2.17. The molecule has 3 rings (SSSR count). The summed E-state index contributed by atoms with van der Waals surface area (Å²) in [6.07, 6.45) is 0.911. The van der Waals surface area contributed by atoms with E-state index in [0.29, 0.717) is 17.2 Å². The summed E-state index contributed by atoms with van der Waals surface area (Å²) in [5.41, 5.74) is 0.902. The number of hydrogen-bond donors (Lipinski definition) is 0. The van der Waals surface area contributed by atoms with Crippen LogP contribution >= 0.6 is 11.3 Å². The van der Waals surface area contributed by atoms with Crippen LogP contribution in [0.4, 0.5) is 0 Å². The average Bonchev–Trinajstić information content (AvgIpc) is 3.16. The van der Waals surface area contributed by atoms with Gasteiger partial charge < -0.3 is 4.74 Å². The largest absolute Gasteiger partial charge is 0.453 e. The Morgan fingerprint density at radius 2 is 2.27 bits per heavy atom. The number of hydrogen-bond acceptors (Lipinski definition) is 7. The first-order valence-corrected chi connectivity index (χ1v) is 7.77. The highest BCUT2D eigenvalue weighted by molar-refractivity contribution is 7.20. The number of aryl methyl sites for hydroxylation is 3. The maximum atomic E-state index is 12.2. The molecular weight excluding hydrogens is 304 g/mol. The highest BCUT2D eigenvalue weighted by atomic mass is 32.1. The van der Waals surface area contributed by atoms with E-state index in [4.69, 9.17) is 4.74 Å². The van der Waals surface area contributed by atoms with Crippen LogP contribution in [0, 0.1) is 6.92 Å². The van der Waals surface area contributed by atoms with Gasteiger partial charge in [-0.25, -0.2) is 9.48 Å². The van der Waals surface area contributed by atoms with Crippen molar-refractivity contribution in [2.75, 3.05) is 0 Å². The molecule has 3 heterocycles. The minimum atomic E-state index is -0.369. The van der Waals surface area contributed by atoms with Gasteiger partial charge >= 0.3 is 5.97 Å². The van der Waals surface area contributed by atoms with Gasteiger partial charge in [0.15, 0.2) is 12.4 Å². The number of rotatable bonds is 5. The Hall–Kier alpha value is -2.29. The van der Waals surface area contributed by atoms with Gasteiger partial charge in [-0.05, 0) is 29.8 Å². The van der Waals surface area contributed by atoms with Crippen molar-refractivity contribution in [1.29, 1.82) is 0 Å². The summed E-state index contributed by atoms with van der Waals surface area (Å²) in [5, 5.41) is 16.6. The van der Waals surface area contributed by atoms with Crippen molar-refractivity contribution in [3.8, 4) is 0 Å². The molecule has 0 atom stereocenters. The Labute approximate surface area is 130 Å². The zero-order chi connectivity index (χ0) is 15.7. The molecule has 22 heavy (non-hydrogen) atoms. The third-order valence-electron chi connectivity index (χ3n) is 3.27. The van der Waals surface area contributed by atoms with Crippen LogP contribution in [0.2, 0.25) is 0 Å². The third-order valence-corrected chi connectivity index (χ3v) is 4.45. The number of ether oxygens (including phenoxy) is 1. The van der Waals surface area contributed by atoms with E-state index < -0.39 is 0 Å². The molecule has 0 fully saturated rings.